The summed E-state index contributed by atoms with van der Waals surface area (Å²) in [6.07, 6.45) is 1.75. The number of fused-ring (bicyclic) bond motifs is 1. The van der Waals surface area contributed by atoms with E-state index in [0.29, 0.717) is 11.7 Å². The number of hydrogen-bond donors (Lipinski definition) is 4. The average Bonchev–Trinajstić information content (AvgIpc) is 2.72. The van der Waals surface area contributed by atoms with Gasteiger partial charge in [-0.1, -0.05) is 63.2 Å². The number of nitrogens with one attached hydrogen (secondary N) is 2. The Morgan fingerprint density at radius 2 is 1.72 bits per heavy atom. The maximum absolute atomic E-state index is 5.68. The fourth-order valence-corrected chi connectivity index (χ4v) is 3.15. The minimum absolute atomic E-state index is 0.164. The van der Waals surface area contributed by atoms with E-state index in [0.717, 1.165) is 35.1 Å². The van der Waals surface area contributed by atoms with Gasteiger partial charge in [0.15, 0.2) is 11.7 Å². The predicted octanol–water partition coefficient (Wildman–Crippen LogP) is 3.64. The van der Waals surface area contributed by atoms with Crippen molar-refractivity contribution < 1.29 is 0 Å². The van der Waals surface area contributed by atoms with Gasteiger partial charge in [0.25, 0.3) is 0 Å². The van der Waals surface area contributed by atoms with Crippen LogP contribution >= 0.6 is 0 Å². The number of hydrazine groups is 1. The van der Waals surface area contributed by atoms with Crippen LogP contribution in [0.25, 0.3) is 22.3 Å². The van der Waals surface area contributed by atoms with E-state index in [1.165, 1.54) is 0 Å². The van der Waals surface area contributed by atoms with E-state index in [2.05, 4.69) is 36.6 Å². The molecule has 29 heavy (non-hydrogen) atoms. The van der Waals surface area contributed by atoms with Crippen LogP contribution in [0.4, 0.5) is 5.82 Å². The van der Waals surface area contributed by atoms with Crippen LogP contribution in [0, 0.1) is 5.41 Å². The monoisotopic (exact) mass is 391 g/mol. The first-order valence-electron chi connectivity index (χ1n) is 9.74. The summed E-state index contributed by atoms with van der Waals surface area (Å²) in [5.41, 5.74) is 4.61. The topological polar surface area (TPSA) is 114 Å². The Labute approximate surface area is 171 Å². The Kier molecular flexibility index (Phi) is 6.29. The molecule has 1 aromatic heterocycles. The molecule has 3 aromatic rings. The van der Waals surface area contributed by atoms with Crippen LogP contribution in [0.3, 0.4) is 0 Å². The maximum atomic E-state index is 5.68. The molecule has 0 spiro atoms. The van der Waals surface area contributed by atoms with E-state index < -0.39 is 0 Å². The van der Waals surface area contributed by atoms with Gasteiger partial charge in [0.1, 0.15) is 5.82 Å². The first-order chi connectivity index (χ1) is 13.9. The molecule has 7 heteroatoms. The van der Waals surface area contributed by atoms with Crippen LogP contribution in [0.2, 0.25) is 0 Å². The SMILES string of the molecule is CC(C)(C)CCC(Nc1nc(-c2ccccc2)nc2ccccc12)/C(=N/N)NN. The van der Waals surface area contributed by atoms with E-state index in [4.69, 9.17) is 21.7 Å². The molecule has 0 aliphatic rings. The Hall–Kier alpha value is -3.19. The highest BCUT2D eigenvalue weighted by molar-refractivity contribution is 5.94. The minimum Gasteiger partial charge on any atom is -0.359 e. The molecule has 0 saturated heterocycles. The molecule has 2 aromatic carbocycles. The number of rotatable bonds is 6. The van der Waals surface area contributed by atoms with Gasteiger partial charge in [-0.25, -0.2) is 15.8 Å². The summed E-state index contributed by atoms with van der Waals surface area (Å²) < 4.78 is 0. The summed E-state index contributed by atoms with van der Waals surface area (Å²) in [5.74, 6) is 13.1. The maximum Gasteiger partial charge on any atom is 0.162 e. The molecular formula is C22H29N7. The van der Waals surface area contributed by atoms with Crippen molar-refractivity contribution in [1.29, 1.82) is 0 Å². The van der Waals surface area contributed by atoms with Crippen LogP contribution in [0.1, 0.15) is 33.6 Å². The van der Waals surface area contributed by atoms with Crippen LogP contribution < -0.4 is 22.4 Å². The summed E-state index contributed by atoms with van der Waals surface area (Å²) in [4.78, 5) is 9.56. The van der Waals surface area contributed by atoms with Gasteiger partial charge < -0.3 is 16.6 Å². The van der Waals surface area contributed by atoms with Gasteiger partial charge in [-0.3, -0.25) is 0 Å². The van der Waals surface area contributed by atoms with Crippen molar-refractivity contribution in [1.82, 2.24) is 15.4 Å². The zero-order chi connectivity index (χ0) is 20.9. The second-order valence-corrected chi connectivity index (χ2v) is 8.23. The quantitative estimate of drug-likeness (QED) is 0.221. The van der Waals surface area contributed by atoms with Gasteiger partial charge in [-0.15, -0.1) is 0 Å². The Bertz CT molecular complexity index is 977. The molecular weight excluding hydrogens is 362 g/mol. The van der Waals surface area contributed by atoms with Crippen molar-refractivity contribution in [3.05, 3.63) is 54.6 Å². The summed E-state index contributed by atoms with van der Waals surface area (Å²) >= 11 is 0. The molecule has 1 heterocycles. The molecule has 0 saturated carbocycles. The molecule has 1 atom stereocenters. The smallest absolute Gasteiger partial charge is 0.162 e. The van der Waals surface area contributed by atoms with Crippen molar-refractivity contribution in [2.75, 3.05) is 5.32 Å². The normalized spacial score (nSPS) is 13.3. The highest BCUT2D eigenvalue weighted by atomic mass is 15.3. The average molecular weight is 392 g/mol. The van der Waals surface area contributed by atoms with Gasteiger partial charge in [0.2, 0.25) is 0 Å². The third-order valence-corrected chi connectivity index (χ3v) is 4.75. The van der Waals surface area contributed by atoms with Crippen LogP contribution in [-0.4, -0.2) is 21.8 Å². The van der Waals surface area contributed by atoms with Crippen molar-refractivity contribution in [2.45, 2.75) is 39.7 Å². The third kappa shape index (κ3) is 5.20. The van der Waals surface area contributed by atoms with Gasteiger partial charge in [-0.05, 0) is 30.4 Å². The zero-order valence-electron chi connectivity index (χ0n) is 17.2. The fraction of sp³-hybridized carbons (Fsp3) is 0.318. The number of anilines is 1. The molecule has 0 bridgehead atoms. The summed E-state index contributed by atoms with van der Waals surface area (Å²) in [6, 6.07) is 17.7. The lowest BCUT2D eigenvalue weighted by Gasteiger charge is -2.25. The number of amidine groups is 1. The molecule has 0 aliphatic heterocycles. The first-order valence-corrected chi connectivity index (χ1v) is 9.74. The largest absolute Gasteiger partial charge is 0.359 e. The van der Waals surface area contributed by atoms with E-state index >= 15 is 0 Å². The summed E-state index contributed by atoms with van der Waals surface area (Å²) in [6.45, 7) is 6.60. The number of para-hydroxylation sites is 1. The third-order valence-electron chi connectivity index (χ3n) is 4.75. The van der Waals surface area contributed by atoms with Crippen LogP contribution in [0.15, 0.2) is 59.7 Å². The number of aromatic nitrogens is 2. The first kappa shape index (κ1) is 20.5. The molecule has 3 rings (SSSR count). The van der Waals surface area contributed by atoms with Gasteiger partial charge in [0.05, 0.1) is 11.6 Å². The second-order valence-electron chi connectivity index (χ2n) is 8.23. The Morgan fingerprint density at radius 1 is 1.03 bits per heavy atom. The lowest BCUT2D eigenvalue weighted by Crippen LogP contribution is -2.44. The molecule has 1 unspecified atom stereocenters. The van der Waals surface area contributed by atoms with Crippen molar-refractivity contribution in [3.63, 3.8) is 0 Å². The molecule has 0 aliphatic carbocycles. The minimum atomic E-state index is -0.203. The number of benzene rings is 2. The van der Waals surface area contributed by atoms with E-state index in [1.54, 1.807) is 0 Å². The summed E-state index contributed by atoms with van der Waals surface area (Å²) in [5, 5.41) is 8.27. The standard InChI is InChI=1S/C22H29N7/c1-22(2,3)14-13-18(21(28-23)29-24)26-20-16-11-7-8-12-17(16)25-19(27-20)15-9-5-4-6-10-15/h4-12,18H,13-14,23-24H2,1-3H3,(H,28,29)(H,25,26,27). The highest BCUT2D eigenvalue weighted by Crippen LogP contribution is 2.27. The predicted molar refractivity (Wildman–Crippen MR) is 120 cm³/mol. The molecule has 0 radical (unpaired) electrons. The molecule has 0 fully saturated rings. The lowest BCUT2D eigenvalue weighted by molar-refractivity contribution is 0.363. The molecule has 7 nitrogen and oxygen atoms in total. The number of nitrogens with zero attached hydrogens (tertiary/aromatic N) is 3. The van der Waals surface area contributed by atoms with Crippen molar-refractivity contribution in [3.8, 4) is 11.4 Å². The van der Waals surface area contributed by atoms with Gasteiger partial charge in [-0.2, -0.15) is 5.10 Å². The van der Waals surface area contributed by atoms with Crippen LogP contribution in [-0.2, 0) is 0 Å². The zero-order valence-corrected chi connectivity index (χ0v) is 17.2. The summed E-state index contributed by atoms with van der Waals surface area (Å²) in [7, 11) is 0. The van der Waals surface area contributed by atoms with Crippen molar-refractivity contribution >= 4 is 22.6 Å². The fourth-order valence-electron chi connectivity index (χ4n) is 3.15. The number of hydrogen-bond acceptors (Lipinski definition) is 6. The highest BCUT2D eigenvalue weighted by Gasteiger charge is 2.21. The van der Waals surface area contributed by atoms with E-state index in [1.807, 2.05) is 54.6 Å². The van der Waals surface area contributed by atoms with Gasteiger partial charge in [0, 0.05) is 10.9 Å². The van der Waals surface area contributed by atoms with Gasteiger partial charge >= 0.3 is 0 Å². The van der Waals surface area contributed by atoms with E-state index in [9.17, 15) is 0 Å². The second kappa shape index (κ2) is 8.87. The lowest BCUT2D eigenvalue weighted by atomic mass is 9.88. The Balaban J connectivity index is 2.03. The van der Waals surface area contributed by atoms with E-state index in [-0.39, 0.29) is 11.5 Å². The Morgan fingerprint density at radius 3 is 2.38 bits per heavy atom. The van der Waals surface area contributed by atoms with Crippen LogP contribution in [0.5, 0.6) is 0 Å². The number of hydrazone groups is 1. The molecule has 152 valence electrons. The molecule has 6 N–H and O–H groups in total. The molecule has 0 amide bonds. The van der Waals surface area contributed by atoms with Crippen molar-refractivity contribution in [2.24, 2.45) is 22.2 Å². The number of nitrogens with two attached hydrogens (primary N) is 2.